The topological polar surface area (TPSA) is 55.6 Å². The van der Waals surface area contributed by atoms with Gasteiger partial charge >= 0.3 is 0 Å². The van der Waals surface area contributed by atoms with E-state index in [-0.39, 0.29) is 12.5 Å². The summed E-state index contributed by atoms with van der Waals surface area (Å²) in [7, 11) is 0. The quantitative estimate of drug-likeness (QED) is 0.614. The first-order chi connectivity index (χ1) is 13.9. The molecule has 6 heteroatoms. The maximum atomic E-state index is 12.7. The van der Waals surface area contributed by atoms with E-state index in [0.29, 0.717) is 24.5 Å². The van der Waals surface area contributed by atoms with Crippen LogP contribution in [-0.2, 0) is 17.8 Å². The van der Waals surface area contributed by atoms with Crippen molar-refractivity contribution in [1.82, 2.24) is 10.1 Å². The van der Waals surface area contributed by atoms with Gasteiger partial charge in [-0.05, 0) is 74.2 Å². The van der Waals surface area contributed by atoms with Gasteiger partial charge in [0, 0.05) is 22.7 Å². The molecule has 1 aliphatic heterocycles. The second-order valence-corrected chi connectivity index (χ2v) is 7.94. The molecule has 1 aromatic heterocycles. The highest BCUT2D eigenvalue weighted by atomic mass is 35.5. The van der Waals surface area contributed by atoms with E-state index in [0.717, 1.165) is 45.0 Å². The van der Waals surface area contributed by atoms with E-state index in [1.165, 1.54) is 0 Å². The molecule has 0 radical (unpaired) electrons. The number of aryl methyl sites for hydroxylation is 2. The molecule has 0 atom stereocenters. The van der Waals surface area contributed by atoms with Crippen LogP contribution in [0.1, 0.15) is 27.9 Å². The first-order valence-electron chi connectivity index (χ1n) is 9.64. The lowest BCUT2D eigenvalue weighted by molar-refractivity contribution is -0.134. The lowest BCUT2D eigenvalue weighted by Crippen LogP contribution is -2.38. The second-order valence-electron chi connectivity index (χ2n) is 7.50. The van der Waals surface area contributed by atoms with Crippen LogP contribution >= 0.6 is 11.6 Å². The Morgan fingerprint density at radius 2 is 1.97 bits per heavy atom. The van der Waals surface area contributed by atoms with Crippen molar-refractivity contribution in [3.63, 3.8) is 0 Å². The van der Waals surface area contributed by atoms with E-state index in [2.05, 4.69) is 11.2 Å². The van der Waals surface area contributed by atoms with Gasteiger partial charge < -0.3 is 14.2 Å². The fourth-order valence-electron chi connectivity index (χ4n) is 3.65. The molecular weight excluding hydrogens is 388 g/mol. The summed E-state index contributed by atoms with van der Waals surface area (Å²) < 4.78 is 11.4. The molecular formula is C23H23ClN2O3. The highest BCUT2D eigenvalue weighted by Gasteiger charge is 2.27. The third-order valence-electron chi connectivity index (χ3n) is 5.42. The Labute approximate surface area is 175 Å². The summed E-state index contributed by atoms with van der Waals surface area (Å²) in [6.07, 6.45) is 0.700. The van der Waals surface area contributed by atoms with Gasteiger partial charge in [-0.1, -0.05) is 22.8 Å². The molecule has 0 spiro atoms. The van der Waals surface area contributed by atoms with Gasteiger partial charge in [-0.2, -0.15) is 0 Å². The summed E-state index contributed by atoms with van der Waals surface area (Å²) in [5.74, 6) is 1.47. The summed E-state index contributed by atoms with van der Waals surface area (Å²) in [4.78, 5) is 14.5. The molecule has 0 unspecified atom stereocenters. The lowest BCUT2D eigenvalue weighted by atomic mass is 10.0. The molecule has 0 bridgehead atoms. The number of rotatable bonds is 4. The van der Waals surface area contributed by atoms with Crippen molar-refractivity contribution in [3.05, 3.63) is 69.4 Å². The number of benzene rings is 2. The number of carbonyl (C=O) groups excluding carboxylic acids is 1. The highest BCUT2D eigenvalue weighted by Crippen LogP contribution is 2.31. The van der Waals surface area contributed by atoms with Gasteiger partial charge in [0.05, 0.1) is 6.54 Å². The zero-order chi connectivity index (χ0) is 20.5. The standard InChI is InChI=1S/C23H23ClN2O3/c1-14-10-15(2)16(3)21(11-14)28-13-22(27)26-9-8-19-20(12-26)25-29-23(19)17-4-6-18(24)7-5-17/h4-7,10-11H,8-9,12-13H2,1-3H3. The Bertz CT molecular complexity index is 1060. The molecule has 1 amide bonds. The average Bonchev–Trinajstić information content (AvgIpc) is 3.13. The van der Waals surface area contributed by atoms with Gasteiger partial charge in [0.15, 0.2) is 12.4 Å². The molecule has 0 saturated carbocycles. The Morgan fingerprint density at radius 1 is 1.21 bits per heavy atom. The van der Waals surface area contributed by atoms with Gasteiger partial charge in [-0.25, -0.2) is 0 Å². The fraction of sp³-hybridized carbons (Fsp3) is 0.304. The van der Waals surface area contributed by atoms with Gasteiger partial charge in [0.1, 0.15) is 11.4 Å². The summed E-state index contributed by atoms with van der Waals surface area (Å²) in [5, 5.41) is 4.88. The maximum absolute atomic E-state index is 12.7. The zero-order valence-corrected chi connectivity index (χ0v) is 17.5. The van der Waals surface area contributed by atoms with Crippen molar-refractivity contribution >= 4 is 17.5 Å². The van der Waals surface area contributed by atoms with Crippen LogP contribution in [0.4, 0.5) is 0 Å². The zero-order valence-electron chi connectivity index (χ0n) is 16.8. The van der Waals surface area contributed by atoms with Crippen LogP contribution in [-0.4, -0.2) is 29.1 Å². The normalized spacial score (nSPS) is 13.3. The number of hydrogen-bond acceptors (Lipinski definition) is 4. The van der Waals surface area contributed by atoms with Crippen molar-refractivity contribution in [2.45, 2.75) is 33.7 Å². The van der Waals surface area contributed by atoms with Crippen LogP contribution in [0.2, 0.25) is 5.02 Å². The van der Waals surface area contributed by atoms with E-state index in [1.807, 2.05) is 51.1 Å². The van der Waals surface area contributed by atoms with Gasteiger partial charge in [-0.15, -0.1) is 0 Å². The molecule has 4 rings (SSSR count). The van der Waals surface area contributed by atoms with Gasteiger partial charge in [0.2, 0.25) is 0 Å². The fourth-order valence-corrected chi connectivity index (χ4v) is 3.78. The number of aromatic nitrogens is 1. The van der Waals surface area contributed by atoms with Gasteiger partial charge in [-0.3, -0.25) is 4.79 Å². The average molecular weight is 411 g/mol. The van der Waals surface area contributed by atoms with Crippen LogP contribution in [0.25, 0.3) is 11.3 Å². The summed E-state index contributed by atoms with van der Waals surface area (Å²) >= 11 is 5.97. The molecule has 2 heterocycles. The molecule has 5 nitrogen and oxygen atoms in total. The Morgan fingerprint density at radius 3 is 2.72 bits per heavy atom. The molecule has 0 fully saturated rings. The smallest absolute Gasteiger partial charge is 0.260 e. The number of hydrogen-bond donors (Lipinski definition) is 0. The highest BCUT2D eigenvalue weighted by molar-refractivity contribution is 6.30. The third-order valence-corrected chi connectivity index (χ3v) is 5.67. The molecule has 0 N–H and O–H groups in total. The third kappa shape index (κ3) is 4.01. The number of nitrogens with zero attached hydrogens (tertiary/aromatic N) is 2. The number of amides is 1. The predicted octanol–water partition coefficient (Wildman–Crippen LogP) is 4.88. The molecule has 29 heavy (non-hydrogen) atoms. The number of halogens is 1. The van der Waals surface area contributed by atoms with E-state index < -0.39 is 0 Å². The van der Waals surface area contributed by atoms with Crippen molar-refractivity contribution in [3.8, 4) is 17.1 Å². The number of fused-ring (bicyclic) bond motifs is 1. The van der Waals surface area contributed by atoms with Crippen molar-refractivity contribution < 1.29 is 14.1 Å². The summed E-state index contributed by atoms with van der Waals surface area (Å²) in [6.45, 7) is 7.14. The Balaban J connectivity index is 1.44. The Kier molecular flexibility index (Phi) is 5.33. The number of carbonyl (C=O) groups is 1. The monoisotopic (exact) mass is 410 g/mol. The van der Waals surface area contributed by atoms with Crippen LogP contribution in [0.15, 0.2) is 40.9 Å². The lowest BCUT2D eigenvalue weighted by Gasteiger charge is -2.26. The molecule has 1 aliphatic rings. The predicted molar refractivity (Wildman–Crippen MR) is 112 cm³/mol. The minimum atomic E-state index is -0.0507. The van der Waals surface area contributed by atoms with E-state index >= 15 is 0 Å². The Hall–Kier alpha value is -2.79. The molecule has 3 aromatic rings. The van der Waals surface area contributed by atoms with Crippen LogP contribution in [0.5, 0.6) is 5.75 Å². The first-order valence-corrected chi connectivity index (χ1v) is 10.0. The minimum Gasteiger partial charge on any atom is -0.483 e. The molecule has 150 valence electrons. The van der Waals surface area contributed by atoms with Crippen LogP contribution in [0.3, 0.4) is 0 Å². The molecule has 0 aliphatic carbocycles. The van der Waals surface area contributed by atoms with Crippen LogP contribution in [0, 0.1) is 20.8 Å². The van der Waals surface area contributed by atoms with E-state index in [4.69, 9.17) is 20.9 Å². The molecule has 0 saturated heterocycles. The van der Waals surface area contributed by atoms with Gasteiger partial charge in [0.25, 0.3) is 5.91 Å². The summed E-state index contributed by atoms with van der Waals surface area (Å²) in [6, 6.07) is 11.6. The molecule has 2 aromatic carbocycles. The van der Waals surface area contributed by atoms with E-state index in [1.54, 1.807) is 4.90 Å². The van der Waals surface area contributed by atoms with E-state index in [9.17, 15) is 4.79 Å². The first kappa shape index (κ1) is 19.5. The van der Waals surface area contributed by atoms with Crippen molar-refractivity contribution in [1.29, 1.82) is 0 Å². The minimum absolute atomic E-state index is 0.0148. The SMILES string of the molecule is Cc1cc(C)c(C)c(OCC(=O)N2CCc3c(noc3-c3ccc(Cl)cc3)C2)c1. The second kappa shape index (κ2) is 7.91. The van der Waals surface area contributed by atoms with Crippen molar-refractivity contribution in [2.75, 3.05) is 13.2 Å². The largest absolute Gasteiger partial charge is 0.483 e. The van der Waals surface area contributed by atoms with Crippen LogP contribution < -0.4 is 4.74 Å². The van der Waals surface area contributed by atoms with Crippen molar-refractivity contribution in [2.24, 2.45) is 0 Å². The summed E-state index contributed by atoms with van der Waals surface area (Å²) in [5.41, 5.74) is 6.15. The number of ether oxygens (including phenoxy) is 1. The maximum Gasteiger partial charge on any atom is 0.260 e.